The zero-order valence-corrected chi connectivity index (χ0v) is 37.9. The maximum Gasteiger partial charge on any atom is 0.155 e. The maximum atomic E-state index is 12.0. The van der Waals surface area contributed by atoms with Gasteiger partial charge >= 0.3 is 0 Å². The van der Waals surface area contributed by atoms with Crippen molar-refractivity contribution in [3.05, 3.63) is 227 Å². The molecule has 0 radical (unpaired) electrons. The van der Waals surface area contributed by atoms with Gasteiger partial charge in [0.15, 0.2) is 6.10 Å². The highest BCUT2D eigenvalue weighted by Gasteiger charge is 2.55. The molecule has 68 heavy (non-hydrogen) atoms. The second kappa shape index (κ2) is 24.4. The van der Waals surface area contributed by atoms with Gasteiger partial charge in [0.05, 0.1) is 52.9 Å². The smallest absolute Gasteiger partial charge is 0.155 e. The van der Waals surface area contributed by atoms with E-state index >= 15 is 0 Å². The molecule has 350 valence electrons. The van der Waals surface area contributed by atoms with Crippen LogP contribution in [0.2, 0.25) is 0 Å². The van der Waals surface area contributed by atoms with Crippen molar-refractivity contribution in [2.24, 2.45) is 0 Å². The van der Waals surface area contributed by atoms with Crippen molar-refractivity contribution in [1.82, 2.24) is 0 Å². The lowest BCUT2D eigenvalue weighted by Crippen LogP contribution is -2.66. The summed E-state index contributed by atoms with van der Waals surface area (Å²) in [6.45, 7) is 2.35. The van der Waals surface area contributed by atoms with Crippen molar-refractivity contribution in [2.75, 3.05) is 13.2 Å². The number of aliphatic hydroxyl groups excluding tert-OH is 1. The summed E-state index contributed by atoms with van der Waals surface area (Å²) < 4.78 is 59.5. The van der Waals surface area contributed by atoms with Crippen LogP contribution < -0.4 is 0 Å². The predicted molar refractivity (Wildman–Crippen MR) is 256 cm³/mol. The van der Waals surface area contributed by atoms with E-state index in [1.807, 2.05) is 182 Å². The van der Waals surface area contributed by atoms with E-state index in [4.69, 9.17) is 42.6 Å². The number of aliphatic hydroxyl groups is 1. The Hall–Kier alpha value is -5.94. The van der Waals surface area contributed by atoms with Gasteiger partial charge in [-0.2, -0.15) is 0 Å². The van der Waals surface area contributed by atoms with Gasteiger partial charge in [0, 0.05) is 6.08 Å². The summed E-state index contributed by atoms with van der Waals surface area (Å²) in [6, 6.07) is 59.8. The molecule has 4 aliphatic heterocycles. The topological polar surface area (TPSA) is 103 Å². The molecule has 6 aromatic carbocycles. The molecule has 10 heteroatoms. The van der Waals surface area contributed by atoms with Crippen molar-refractivity contribution in [3.8, 4) is 11.8 Å². The Morgan fingerprint density at radius 1 is 0.426 bits per heavy atom. The first kappa shape index (κ1) is 47.1. The second-order valence-corrected chi connectivity index (χ2v) is 17.1. The van der Waals surface area contributed by atoms with Crippen LogP contribution in [-0.4, -0.2) is 79.4 Å². The fraction of sp³-hybridized carbons (Fsp3) is 0.310. The molecule has 0 aromatic heterocycles. The van der Waals surface area contributed by atoms with Gasteiger partial charge in [-0.25, -0.2) is 0 Å². The average Bonchev–Trinajstić information content (AvgIpc) is 3.39. The number of allylic oxidation sites excluding steroid dienone is 1. The fourth-order valence-corrected chi connectivity index (χ4v) is 8.68. The van der Waals surface area contributed by atoms with Crippen molar-refractivity contribution < 1.29 is 47.7 Å². The first-order chi connectivity index (χ1) is 33.6. The molecule has 4 aliphatic rings. The molecule has 0 unspecified atom stereocenters. The summed E-state index contributed by atoms with van der Waals surface area (Å²) in [6.07, 6.45) is -5.32. The number of rotatable bonds is 20. The van der Waals surface area contributed by atoms with Gasteiger partial charge in [0.25, 0.3) is 0 Å². The first-order valence-corrected chi connectivity index (χ1v) is 23.4. The average molecular weight is 915 g/mol. The Morgan fingerprint density at radius 3 is 1.26 bits per heavy atom. The highest BCUT2D eigenvalue weighted by molar-refractivity contribution is 5.29. The number of ether oxygens (including phenoxy) is 9. The zero-order chi connectivity index (χ0) is 46.2. The summed E-state index contributed by atoms with van der Waals surface area (Å²) in [5.41, 5.74) is 6.05. The lowest BCUT2D eigenvalue weighted by molar-refractivity contribution is -0.298. The molecule has 4 saturated heterocycles. The summed E-state index contributed by atoms with van der Waals surface area (Å²) >= 11 is 0. The fourth-order valence-electron chi connectivity index (χ4n) is 8.68. The molecule has 2 bridgehead atoms. The minimum absolute atomic E-state index is 0.102. The second-order valence-electron chi connectivity index (χ2n) is 17.1. The van der Waals surface area contributed by atoms with Gasteiger partial charge in [-0.15, -0.1) is 0 Å². The molecule has 10 atom stereocenters. The Kier molecular flexibility index (Phi) is 16.9. The Labute approximate surface area is 399 Å². The molecule has 4 heterocycles. The normalized spacial score (nSPS) is 25.9. The molecule has 0 aliphatic carbocycles. The number of hydrogen-bond acceptors (Lipinski definition) is 10. The predicted octanol–water partition coefficient (Wildman–Crippen LogP) is 8.94. The largest absolute Gasteiger partial charge is 0.486 e. The van der Waals surface area contributed by atoms with E-state index in [1.165, 1.54) is 0 Å². The Balaban J connectivity index is 1.00. The van der Waals surface area contributed by atoms with E-state index in [-0.39, 0.29) is 26.4 Å². The van der Waals surface area contributed by atoms with Crippen molar-refractivity contribution in [2.45, 2.75) is 101 Å². The van der Waals surface area contributed by atoms with Gasteiger partial charge in [0.1, 0.15) is 60.7 Å². The van der Waals surface area contributed by atoms with E-state index in [1.54, 1.807) is 6.08 Å². The summed E-state index contributed by atoms with van der Waals surface area (Å²) in [5, 5.41) is 12.0. The van der Waals surface area contributed by atoms with Crippen molar-refractivity contribution >= 4 is 0 Å². The van der Waals surface area contributed by atoms with Crippen LogP contribution in [0.1, 0.15) is 33.4 Å². The standard InChI is InChI=1S/C58H58O10/c59-52-50(40-60-34-42-20-7-1-8-21-42)66-48(53(62-36-44-24-11-3-12-25-44)56(52)63-37-45-26-13-4-14-27-45)32-19-33-49-54-57(64-38-46-28-15-5-16-29-46)58(65-39-47-30-17-6-18-31-47)55(67-49)51(68-54)41-61-35-43-22-9-2-10-23-43/h1-18,20-31,33,48,50-59H,34-41H2/b49-33-/t48-,50-,51-,52-,53+,54-,55-,56+,57+,58-/m1/s1. The third-order valence-electron chi connectivity index (χ3n) is 12.2. The van der Waals surface area contributed by atoms with Crippen LogP contribution in [0, 0.1) is 11.8 Å². The van der Waals surface area contributed by atoms with Crippen LogP contribution in [0.3, 0.4) is 0 Å². The van der Waals surface area contributed by atoms with Gasteiger partial charge < -0.3 is 47.7 Å². The van der Waals surface area contributed by atoms with E-state index in [2.05, 4.69) is 11.8 Å². The van der Waals surface area contributed by atoms with Crippen molar-refractivity contribution in [3.63, 3.8) is 0 Å². The van der Waals surface area contributed by atoms with Crippen LogP contribution in [0.5, 0.6) is 0 Å². The van der Waals surface area contributed by atoms with Gasteiger partial charge in [-0.05, 0) is 33.4 Å². The lowest BCUT2D eigenvalue weighted by Gasteiger charge is -2.51. The van der Waals surface area contributed by atoms with Crippen LogP contribution in [0.25, 0.3) is 0 Å². The molecule has 10 nitrogen and oxygen atoms in total. The van der Waals surface area contributed by atoms with Crippen molar-refractivity contribution in [1.29, 1.82) is 0 Å². The van der Waals surface area contributed by atoms with E-state index in [9.17, 15) is 5.11 Å². The maximum absolute atomic E-state index is 12.0. The molecule has 0 amide bonds. The summed E-state index contributed by atoms with van der Waals surface area (Å²) in [7, 11) is 0. The minimum Gasteiger partial charge on any atom is -0.486 e. The molecule has 6 aromatic rings. The molecule has 0 saturated carbocycles. The molecule has 4 fully saturated rings. The quantitative estimate of drug-likeness (QED) is 0.0748. The summed E-state index contributed by atoms with van der Waals surface area (Å²) in [5.74, 6) is 7.12. The third-order valence-corrected chi connectivity index (χ3v) is 12.2. The molecule has 1 N–H and O–H groups in total. The zero-order valence-electron chi connectivity index (χ0n) is 37.9. The van der Waals surface area contributed by atoms with Crippen LogP contribution >= 0.6 is 0 Å². The van der Waals surface area contributed by atoms with E-state index < -0.39 is 61.0 Å². The van der Waals surface area contributed by atoms with Crippen LogP contribution in [0.15, 0.2) is 194 Å². The van der Waals surface area contributed by atoms with Gasteiger partial charge in [-0.1, -0.05) is 194 Å². The number of benzene rings is 6. The van der Waals surface area contributed by atoms with Gasteiger partial charge in [0.2, 0.25) is 0 Å². The SMILES string of the molecule is O[C@H]1[C@H](OCc2ccccc2)[C@@H](OCc2ccccc2)[C@@H](C#C/C=C2\O[C@H]3[C@@H](OCc4ccccc4)[C@@H](OCc4ccccc4)[C@@H]2O[C@@H]3COCc2ccccc2)O[C@@H]1COCc1ccccc1. The minimum atomic E-state index is -1.09. The Bertz CT molecular complexity index is 2480. The highest BCUT2D eigenvalue weighted by atomic mass is 16.7. The number of hydrogen-bond donors (Lipinski definition) is 1. The third kappa shape index (κ3) is 12.8. The van der Waals surface area contributed by atoms with E-state index in [0.717, 1.165) is 33.4 Å². The first-order valence-electron chi connectivity index (χ1n) is 23.4. The monoisotopic (exact) mass is 914 g/mol. The number of fused-ring (bicyclic) bond motifs is 3. The molecular weight excluding hydrogens is 857 g/mol. The Morgan fingerprint density at radius 2 is 0.809 bits per heavy atom. The summed E-state index contributed by atoms with van der Waals surface area (Å²) in [4.78, 5) is 0. The van der Waals surface area contributed by atoms with E-state index in [0.29, 0.717) is 32.2 Å². The lowest BCUT2D eigenvalue weighted by atomic mass is 9.89. The molecule has 10 rings (SSSR count). The molecule has 0 spiro atoms. The van der Waals surface area contributed by atoms with Gasteiger partial charge in [-0.3, -0.25) is 0 Å². The van der Waals surface area contributed by atoms with Crippen LogP contribution in [0.4, 0.5) is 0 Å². The molecular formula is C58H58O10. The highest BCUT2D eigenvalue weighted by Crippen LogP contribution is 2.40. The van der Waals surface area contributed by atoms with Crippen LogP contribution in [-0.2, 0) is 82.3 Å².